The van der Waals surface area contributed by atoms with Crippen LogP contribution in [0.3, 0.4) is 0 Å². The van der Waals surface area contributed by atoms with Crippen LogP contribution in [-0.4, -0.2) is 73.7 Å². The molecule has 7 heteroatoms. The molecule has 24 heavy (non-hydrogen) atoms. The first-order valence-corrected chi connectivity index (χ1v) is 8.66. The molecule has 1 amide bonds. The fourth-order valence-electron chi connectivity index (χ4n) is 3.92. The minimum atomic E-state index is -0.202. The number of nitrogens with zero attached hydrogens (tertiary/aromatic N) is 5. The third kappa shape index (κ3) is 2.67. The van der Waals surface area contributed by atoms with Gasteiger partial charge in [0.15, 0.2) is 5.65 Å². The summed E-state index contributed by atoms with van der Waals surface area (Å²) in [4.78, 5) is 17.0. The minimum absolute atomic E-state index is 0.0524. The van der Waals surface area contributed by atoms with Gasteiger partial charge in [-0.15, -0.1) is 10.2 Å². The quantitative estimate of drug-likeness (QED) is 0.878. The summed E-state index contributed by atoms with van der Waals surface area (Å²) in [6.45, 7) is 4.96. The second-order valence-corrected chi connectivity index (χ2v) is 6.79. The summed E-state index contributed by atoms with van der Waals surface area (Å²) in [6, 6.07) is 3.93. The summed E-state index contributed by atoms with van der Waals surface area (Å²) in [5.74, 6) is 0.830. The van der Waals surface area contributed by atoms with E-state index in [0.29, 0.717) is 18.7 Å². The van der Waals surface area contributed by atoms with Gasteiger partial charge in [0, 0.05) is 38.4 Å². The fourth-order valence-corrected chi connectivity index (χ4v) is 3.92. The molecule has 7 nitrogen and oxygen atoms in total. The lowest BCUT2D eigenvalue weighted by molar-refractivity contribution is 0.0315. The number of rotatable bonds is 2. The van der Waals surface area contributed by atoms with E-state index in [4.69, 9.17) is 0 Å². The van der Waals surface area contributed by atoms with Crippen LogP contribution in [0.1, 0.15) is 35.4 Å². The third-order valence-corrected chi connectivity index (χ3v) is 5.33. The Labute approximate surface area is 140 Å². The highest BCUT2D eigenvalue weighted by Gasteiger charge is 2.33. The van der Waals surface area contributed by atoms with Gasteiger partial charge < -0.3 is 10.0 Å². The number of piperazine rings is 1. The number of aliphatic hydroxyl groups excluding tert-OH is 1. The first-order valence-electron chi connectivity index (χ1n) is 8.66. The van der Waals surface area contributed by atoms with Crippen LogP contribution in [0, 0.1) is 6.92 Å². The topological polar surface area (TPSA) is 74.0 Å². The second-order valence-electron chi connectivity index (χ2n) is 6.79. The van der Waals surface area contributed by atoms with Gasteiger partial charge >= 0.3 is 0 Å². The molecule has 2 unspecified atom stereocenters. The molecule has 1 N–H and O–H groups in total. The number of fused-ring (bicyclic) bond motifs is 1. The van der Waals surface area contributed by atoms with Gasteiger partial charge in [-0.25, -0.2) is 0 Å². The predicted molar refractivity (Wildman–Crippen MR) is 88.8 cm³/mol. The molecule has 1 saturated carbocycles. The molecule has 2 atom stereocenters. The number of pyridine rings is 1. The molecule has 2 aromatic heterocycles. The smallest absolute Gasteiger partial charge is 0.255 e. The number of amides is 1. The van der Waals surface area contributed by atoms with Gasteiger partial charge in [0.1, 0.15) is 5.82 Å². The van der Waals surface area contributed by atoms with Crippen molar-refractivity contribution in [1.29, 1.82) is 0 Å². The molecule has 2 aromatic rings. The molecule has 1 aliphatic carbocycles. The molecule has 2 fully saturated rings. The molecule has 1 aliphatic heterocycles. The molecular weight excluding hydrogens is 306 g/mol. The Bertz CT molecular complexity index is 751. The van der Waals surface area contributed by atoms with Crippen molar-refractivity contribution in [2.24, 2.45) is 0 Å². The molecule has 4 rings (SSSR count). The van der Waals surface area contributed by atoms with Crippen LogP contribution in [0.25, 0.3) is 5.65 Å². The Balaban J connectivity index is 1.44. The predicted octanol–water partition coefficient (Wildman–Crippen LogP) is 0.709. The maximum atomic E-state index is 12.8. The van der Waals surface area contributed by atoms with Gasteiger partial charge in [0.25, 0.3) is 5.91 Å². The molecule has 128 valence electrons. The van der Waals surface area contributed by atoms with Crippen LogP contribution in [0.2, 0.25) is 0 Å². The Morgan fingerprint density at radius 1 is 1.17 bits per heavy atom. The molecule has 0 radical (unpaired) electrons. The van der Waals surface area contributed by atoms with Crippen molar-refractivity contribution in [2.45, 2.75) is 38.3 Å². The maximum Gasteiger partial charge on any atom is 0.255 e. The van der Waals surface area contributed by atoms with Crippen molar-refractivity contribution in [2.75, 3.05) is 26.2 Å². The van der Waals surface area contributed by atoms with Gasteiger partial charge in [0.2, 0.25) is 0 Å². The van der Waals surface area contributed by atoms with E-state index in [1.54, 1.807) is 0 Å². The first kappa shape index (κ1) is 15.5. The monoisotopic (exact) mass is 329 g/mol. The standard InChI is InChI=1S/C17H23N5O2/c1-12-18-19-16-6-5-13(11-22(12)16)17(24)21-9-7-20(8-10-21)14-3-2-4-15(14)23/h5-6,11,14-15,23H,2-4,7-10H2,1H3. The van der Waals surface area contributed by atoms with E-state index < -0.39 is 0 Å². The van der Waals surface area contributed by atoms with Crippen LogP contribution >= 0.6 is 0 Å². The van der Waals surface area contributed by atoms with E-state index >= 15 is 0 Å². The van der Waals surface area contributed by atoms with E-state index in [0.717, 1.165) is 43.8 Å². The number of aliphatic hydroxyl groups is 1. The molecule has 2 aliphatic rings. The third-order valence-electron chi connectivity index (χ3n) is 5.33. The van der Waals surface area contributed by atoms with E-state index in [9.17, 15) is 9.90 Å². The highest BCUT2D eigenvalue weighted by atomic mass is 16.3. The van der Waals surface area contributed by atoms with Gasteiger partial charge in [0.05, 0.1) is 11.7 Å². The molecule has 0 spiro atoms. The second kappa shape index (κ2) is 6.14. The van der Waals surface area contributed by atoms with E-state index in [2.05, 4.69) is 15.1 Å². The van der Waals surface area contributed by atoms with Crippen molar-refractivity contribution in [3.05, 3.63) is 29.7 Å². The lowest BCUT2D eigenvalue weighted by atomic mass is 10.1. The number of hydrogen-bond donors (Lipinski definition) is 1. The Hall–Kier alpha value is -1.99. The molecule has 0 bridgehead atoms. The van der Waals surface area contributed by atoms with Crippen molar-refractivity contribution in [3.63, 3.8) is 0 Å². The van der Waals surface area contributed by atoms with Gasteiger partial charge in [-0.3, -0.25) is 14.1 Å². The van der Waals surface area contributed by atoms with Crippen molar-refractivity contribution in [1.82, 2.24) is 24.4 Å². The lowest BCUT2D eigenvalue weighted by Gasteiger charge is -2.39. The summed E-state index contributed by atoms with van der Waals surface area (Å²) in [6.07, 6.45) is 4.69. The van der Waals surface area contributed by atoms with E-state index in [-0.39, 0.29) is 18.1 Å². The fraction of sp³-hybridized carbons (Fsp3) is 0.588. The molecular formula is C17H23N5O2. The zero-order chi connectivity index (χ0) is 16.7. The highest BCUT2D eigenvalue weighted by molar-refractivity contribution is 5.94. The van der Waals surface area contributed by atoms with Gasteiger partial charge in [-0.2, -0.15) is 0 Å². The zero-order valence-electron chi connectivity index (χ0n) is 13.9. The molecule has 3 heterocycles. The highest BCUT2D eigenvalue weighted by Crippen LogP contribution is 2.25. The van der Waals surface area contributed by atoms with E-state index in [1.807, 2.05) is 34.6 Å². The lowest BCUT2D eigenvalue weighted by Crippen LogP contribution is -2.53. The average Bonchev–Trinajstić information content (AvgIpc) is 3.20. The van der Waals surface area contributed by atoms with Crippen LogP contribution in [0.15, 0.2) is 18.3 Å². The molecule has 1 saturated heterocycles. The number of hydrogen-bond acceptors (Lipinski definition) is 5. The maximum absolute atomic E-state index is 12.8. The molecule has 0 aromatic carbocycles. The first-order chi connectivity index (χ1) is 11.6. The van der Waals surface area contributed by atoms with E-state index in [1.165, 1.54) is 0 Å². The largest absolute Gasteiger partial charge is 0.391 e. The summed E-state index contributed by atoms with van der Waals surface area (Å²) in [5, 5.41) is 18.1. The number of carbonyl (C=O) groups excluding carboxylic acids is 1. The van der Waals surface area contributed by atoms with Crippen LogP contribution < -0.4 is 0 Å². The van der Waals surface area contributed by atoms with Gasteiger partial charge in [-0.1, -0.05) is 0 Å². The zero-order valence-corrected chi connectivity index (χ0v) is 13.9. The summed E-state index contributed by atoms with van der Waals surface area (Å²) in [7, 11) is 0. The Morgan fingerprint density at radius 3 is 2.67 bits per heavy atom. The van der Waals surface area contributed by atoms with Crippen LogP contribution in [0.5, 0.6) is 0 Å². The van der Waals surface area contributed by atoms with Crippen molar-refractivity contribution < 1.29 is 9.90 Å². The minimum Gasteiger partial charge on any atom is -0.391 e. The SMILES string of the molecule is Cc1nnc2ccc(C(=O)N3CCN(C4CCCC4O)CC3)cn12. The Morgan fingerprint density at radius 2 is 1.96 bits per heavy atom. The van der Waals surface area contributed by atoms with Gasteiger partial charge in [-0.05, 0) is 38.3 Å². The van der Waals surface area contributed by atoms with Crippen molar-refractivity contribution in [3.8, 4) is 0 Å². The Kier molecular flexibility index (Phi) is 3.97. The normalized spacial score (nSPS) is 25.5. The van der Waals surface area contributed by atoms with Crippen molar-refractivity contribution >= 4 is 11.6 Å². The number of carbonyl (C=O) groups is 1. The van der Waals surface area contributed by atoms with Crippen LogP contribution in [0.4, 0.5) is 0 Å². The van der Waals surface area contributed by atoms with Crippen LogP contribution in [-0.2, 0) is 0 Å². The summed E-state index contributed by atoms with van der Waals surface area (Å²) in [5.41, 5.74) is 1.42. The number of aryl methyl sites for hydroxylation is 1. The summed E-state index contributed by atoms with van der Waals surface area (Å²) >= 11 is 0. The summed E-state index contributed by atoms with van der Waals surface area (Å²) < 4.78 is 1.85. The average molecular weight is 329 g/mol. The number of aromatic nitrogens is 3.